The molecule has 5 nitrogen and oxygen atoms in total. The van der Waals surface area contributed by atoms with Gasteiger partial charge in [-0.25, -0.2) is 4.79 Å². The van der Waals surface area contributed by atoms with E-state index >= 15 is 0 Å². The molecule has 0 aromatic heterocycles. The zero-order chi connectivity index (χ0) is 15.2. The van der Waals surface area contributed by atoms with Gasteiger partial charge in [-0.2, -0.15) is 0 Å². The van der Waals surface area contributed by atoms with E-state index in [2.05, 4.69) is 24.3 Å². The number of benzene rings is 1. The summed E-state index contributed by atoms with van der Waals surface area (Å²) >= 11 is 0. The van der Waals surface area contributed by atoms with Crippen LogP contribution in [0.2, 0.25) is 0 Å². The fourth-order valence-corrected chi connectivity index (χ4v) is 2.38. The molecule has 0 radical (unpaired) electrons. The molecule has 0 aliphatic carbocycles. The van der Waals surface area contributed by atoms with Crippen LogP contribution in [0.3, 0.4) is 0 Å². The average molecular weight is 291 g/mol. The molecule has 1 aliphatic heterocycles. The van der Waals surface area contributed by atoms with E-state index in [0.717, 1.165) is 12.8 Å². The summed E-state index contributed by atoms with van der Waals surface area (Å²) in [7, 11) is 0. The highest BCUT2D eigenvalue weighted by atomic mass is 16.5. The number of carbonyl (C=O) groups is 2. The van der Waals surface area contributed by atoms with Crippen molar-refractivity contribution in [2.45, 2.75) is 32.3 Å². The molecule has 114 valence electrons. The van der Waals surface area contributed by atoms with E-state index in [1.54, 1.807) is 4.90 Å². The second kappa shape index (κ2) is 7.22. The second-order valence-electron chi connectivity index (χ2n) is 5.38. The van der Waals surface area contributed by atoms with Crippen LogP contribution in [0.25, 0.3) is 0 Å². The molecule has 21 heavy (non-hydrogen) atoms. The highest BCUT2D eigenvalue weighted by Gasteiger charge is 2.28. The van der Waals surface area contributed by atoms with E-state index in [9.17, 15) is 9.59 Å². The van der Waals surface area contributed by atoms with Crippen LogP contribution in [-0.4, -0.2) is 47.7 Å². The first-order valence-corrected chi connectivity index (χ1v) is 7.24. The molecule has 1 heterocycles. The van der Waals surface area contributed by atoms with Crippen molar-refractivity contribution in [2.24, 2.45) is 0 Å². The maximum absolute atomic E-state index is 12.1. The standard InChI is InChI=1S/C16H21NO4/c1-12-5-7-13(8-6-12)3-2-4-15(18)17-9-10-21-14(11-17)16(19)20/h5-8,14H,2-4,9-11H2,1H3,(H,19,20). The van der Waals surface area contributed by atoms with Gasteiger partial charge in [-0.15, -0.1) is 0 Å². The molecule has 0 saturated carbocycles. The third-order valence-corrected chi connectivity index (χ3v) is 3.67. The summed E-state index contributed by atoms with van der Waals surface area (Å²) in [6.45, 7) is 2.97. The quantitative estimate of drug-likeness (QED) is 0.895. The van der Waals surface area contributed by atoms with E-state index in [1.807, 2.05) is 6.92 Å². The average Bonchev–Trinajstić information content (AvgIpc) is 2.49. The lowest BCUT2D eigenvalue weighted by Gasteiger charge is -2.30. The molecular weight excluding hydrogens is 270 g/mol. The fraction of sp³-hybridized carbons (Fsp3) is 0.500. The van der Waals surface area contributed by atoms with Gasteiger partial charge in [-0.05, 0) is 25.3 Å². The summed E-state index contributed by atoms with van der Waals surface area (Å²) in [5.41, 5.74) is 2.45. The van der Waals surface area contributed by atoms with Crippen molar-refractivity contribution in [3.8, 4) is 0 Å². The number of aliphatic carboxylic acids is 1. The molecule has 0 bridgehead atoms. The Balaban J connectivity index is 1.76. The molecule has 1 fully saturated rings. The van der Waals surface area contributed by atoms with Gasteiger partial charge in [0.2, 0.25) is 5.91 Å². The van der Waals surface area contributed by atoms with Gasteiger partial charge in [0.05, 0.1) is 13.2 Å². The van der Waals surface area contributed by atoms with Crippen LogP contribution in [0.1, 0.15) is 24.0 Å². The number of ether oxygens (including phenoxy) is 1. The van der Waals surface area contributed by atoms with Crippen LogP contribution in [-0.2, 0) is 20.7 Å². The number of carboxylic acids is 1. The number of aryl methyl sites for hydroxylation is 2. The summed E-state index contributed by atoms with van der Waals surface area (Å²) in [5, 5.41) is 8.92. The number of rotatable bonds is 5. The normalized spacial score (nSPS) is 18.5. The number of amides is 1. The largest absolute Gasteiger partial charge is 0.479 e. The van der Waals surface area contributed by atoms with Gasteiger partial charge in [0, 0.05) is 13.0 Å². The van der Waals surface area contributed by atoms with Gasteiger partial charge in [0.1, 0.15) is 0 Å². The van der Waals surface area contributed by atoms with Crippen molar-refractivity contribution in [1.29, 1.82) is 0 Å². The Kier molecular flexibility index (Phi) is 5.33. The molecule has 1 N–H and O–H groups in total. The zero-order valence-corrected chi connectivity index (χ0v) is 12.2. The zero-order valence-electron chi connectivity index (χ0n) is 12.2. The molecule has 2 rings (SSSR count). The molecule has 1 unspecified atom stereocenters. The lowest BCUT2D eigenvalue weighted by Crippen LogP contribution is -2.48. The molecule has 1 atom stereocenters. The van der Waals surface area contributed by atoms with Crippen LogP contribution in [0.5, 0.6) is 0 Å². The minimum atomic E-state index is -1.01. The first kappa shape index (κ1) is 15.5. The van der Waals surface area contributed by atoms with E-state index in [-0.39, 0.29) is 12.5 Å². The minimum Gasteiger partial charge on any atom is -0.479 e. The maximum atomic E-state index is 12.1. The molecular formula is C16H21NO4. The van der Waals surface area contributed by atoms with Crippen molar-refractivity contribution in [3.63, 3.8) is 0 Å². The van der Waals surface area contributed by atoms with E-state index in [1.165, 1.54) is 11.1 Å². The van der Waals surface area contributed by atoms with Crippen LogP contribution >= 0.6 is 0 Å². The highest BCUT2D eigenvalue weighted by molar-refractivity contribution is 5.78. The Bertz CT molecular complexity index is 498. The Morgan fingerprint density at radius 1 is 1.33 bits per heavy atom. The molecule has 0 spiro atoms. The lowest BCUT2D eigenvalue weighted by molar-refractivity contribution is -0.159. The Hall–Kier alpha value is -1.88. The van der Waals surface area contributed by atoms with Crippen molar-refractivity contribution in [1.82, 2.24) is 4.90 Å². The molecule has 1 saturated heterocycles. The smallest absolute Gasteiger partial charge is 0.334 e. The molecule has 1 aromatic rings. The monoisotopic (exact) mass is 291 g/mol. The van der Waals surface area contributed by atoms with Gasteiger partial charge < -0.3 is 14.7 Å². The first-order chi connectivity index (χ1) is 10.1. The van der Waals surface area contributed by atoms with Crippen molar-refractivity contribution >= 4 is 11.9 Å². The topological polar surface area (TPSA) is 66.8 Å². The number of carboxylic acid groups (broad SMARTS) is 1. The third-order valence-electron chi connectivity index (χ3n) is 3.67. The Morgan fingerprint density at radius 2 is 2.05 bits per heavy atom. The van der Waals surface area contributed by atoms with Gasteiger partial charge in [-0.3, -0.25) is 4.79 Å². The summed E-state index contributed by atoms with van der Waals surface area (Å²) in [5.74, 6) is -0.996. The van der Waals surface area contributed by atoms with Gasteiger partial charge in [0.25, 0.3) is 0 Å². The van der Waals surface area contributed by atoms with Crippen molar-refractivity contribution in [2.75, 3.05) is 19.7 Å². The lowest BCUT2D eigenvalue weighted by atomic mass is 10.1. The van der Waals surface area contributed by atoms with Gasteiger partial charge >= 0.3 is 5.97 Å². The number of morpholine rings is 1. The van der Waals surface area contributed by atoms with E-state index in [0.29, 0.717) is 19.6 Å². The molecule has 1 aliphatic rings. The van der Waals surface area contributed by atoms with Gasteiger partial charge in [-0.1, -0.05) is 29.8 Å². The van der Waals surface area contributed by atoms with Crippen LogP contribution in [0.4, 0.5) is 0 Å². The highest BCUT2D eigenvalue weighted by Crippen LogP contribution is 2.11. The predicted octanol–water partition coefficient (Wildman–Crippen LogP) is 1.63. The van der Waals surface area contributed by atoms with Crippen molar-refractivity contribution in [3.05, 3.63) is 35.4 Å². The molecule has 5 heteroatoms. The number of hydrogen-bond donors (Lipinski definition) is 1. The Morgan fingerprint density at radius 3 is 2.71 bits per heavy atom. The Labute approximate surface area is 124 Å². The summed E-state index contributed by atoms with van der Waals surface area (Å²) in [4.78, 5) is 24.6. The summed E-state index contributed by atoms with van der Waals surface area (Å²) < 4.78 is 5.11. The van der Waals surface area contributed by atoms with Gasteiger partial charge in [0.15, 0.2) is 6.10 Å². The van der Waals surface area contributed by atoms with E-state index < -0.39 is 12.1 Å². The summed E-state index contributed by atoms with van der Waals surface area (Å²) in [6, 6.07) is 8.29. The van der Waals surface area contributed by atoms with E-state index in [4.69, 9.17) is 9.84 Å². The second-order valence-corrected chi connectivity index (χ2v) is 5.38. The van der Waals surface area contributed by atoms with Crippen LogP contribution in [0.15, 0.2) is 24.3 Å². The first-order valence-electron chi connectivity index (χ1n) is 7.24. The minimum absolute atomic E-state index is 0.0108. The SMILES string of the molecule is Cc1ccc(CCCC(=O)N2CCOC(C(=O)O)C2)cc1. The molecule has 1 amide bonds. The number of nitrogens with zero attached hydrogens (tertiary/aromatic N) is 1. The number of hydrogen-bond acceptors (Lipinski definition) is 3. The summed E-state index contributed by atoms with van der Waals surface area (Å²) in [6.07, 6.45) is 1.19. The van der Waals surface area contributed by atoms with Crippen LogP contribution < -0.4 is 0 Å². The predicted molar refractivity (Wildman–Crippen MR) is 78.1 cm³/mol. The fourth-order valence-electron chi connectivity index (χ4n) is 2.38. The number of carbonyl (C=O) groups excluding carboxylic acids is 1. The maximum Gasteiger partial charge on any atom is 0.334 e. The van der Waals surface area contributed by atoms with Crippen LogP contribution in [0, 0.1) is 6.92 Å². The molecule has 1 aromatic carbocycles. The van der Waals surface area contributed by atoms with Crippen molar-refractivity contribution < 1.29 is 19.4 Å². The third kappa shape index (κ3) is 4.56.